The molecule has 1 aliphatic carbocycles. The Labute approximate surface area is 127 Å². The van der Waals surface area contributed by atoms with Crippen LogP contribution >= 0.6 is 15.9 Å². The van der Waals surface area contributed by atoms with Crippen molar-refractivity contribution in [3.8, 4) is 0 Å². The molecule has 3 nitrogen and oxygen atoms in total. The van der Waals surface area contributed by atoms with Crippen molar-refractivity contribution in [3.63, 3.8) is 0 Å². The summed E-state index contributed by atoms with van der Waals surface area (Å²) in [5.41, 5.74) is 3.74. The highest BCUT2D eigenvalue weighted by molar-refractivity contribution is 9.17. The van der Waals surface area contributed by atoms with Crippen molar-refractivity contribution in [2.24, 2.45) is 12.0 Å². The fourth-order valence-electron chi connectivity index (χ4n) is 2.87. The lowest BCUT2D eigenvalue weighted by atomic mass is 9.92. The van der Waals surface area contributed by atoms with Gasteiger partial charge in [-0.05, 0) is 41.3 Å². The van der Waals surface area contributed by atoms with Gasteiger partial charge in [-0.1, -0.05) is 12.2 Å². The second kappa shape index (κ2) is 7.18. The fraction of sp³-hybridized carbons (Fsp3) is 0.533. The predicted molar refractivity (Wildman–Crippen MR) is 84.9 cm³/mol. The van der Waals surface area contributed by atoms with Crippen molar-refractivity contribution < 1.29 is 9.13 Å². The van der Waals surface area contributed by atoms with Crippen LogP contribution in [0.5, 0.6) is 0 Å². The van der Waals surface area contributed by atoms with E-state index in [1.54, 1.807) is 5.12 Å². The molecule has 1 atom stereocenters. The lowest BCUT2D eigenvalue weighted by Crippen LogP contribution is -2.24. The van der Waals surface area contributed by atoms with E-state index < -0.39 is 6.67 Å². The number of allylic oxidation sites excluding steroid dienone is 1. The van der Waals surface area contributed by atoms with Crippen LogP contribution in [0.4, 0.5) is 10.2 Å². The molecule has 0 amide bonds. The Hall–Kier alpha value is -0.940. The first-order valence-corrected chi connectivity index (χ1v) is 7.77. The van der Waals surface area contributed by atoms with Gasteiger partial charge in [0, 0.05) is 24.7 Å². The Morgan fingerprint density at radius 3 is 3.00 bits per heavy atom. The zero-order chi connectivity index (χ0) is 14.5. The third kappa shape index (κ3) is 3.04. The van der Waals surface area contributed by atoms with Crippen LogP contribution in [0.25, 0.3) is 6.08 Å². The Bertz CT molecular complexity index is 522. The molecule has 0 bridgehead atoms. The summed E-state index contributed by atoms with van der Waals surface area (Å²) in [6, 6.07) is 0. The summed E-state index contributed by atoms with van der Waals surface area (Å²) in [6.45, 7) is 1.78. The molecule has 2 rings (SSSR count). The molecule has 0 aromatic carbocycles. The number of fused-ring (bicyclic) bond motifs is 1. The summed E-state index contributed by atoms with van der Waals surface area (Å²) in [5, 5.41) is 1.64. The zero-order valence-electron chi connectivity index (χ0n) is 11.9. The Balaban J connectivity index is 2.36. The maximum Gasteiger partial charge on any atom is 0.140 e. The minimum atomic E-state index is -0.418. The monoisotopic (exact) mass is 342 g/mol. The normalized spacial score (nSPS) is 19.1. The molecule has 0 aliphatic heterocycles. The van der Waals surface area contributed by atoms with E-state index in [-0.39, 0.29) is 12.7 Å². The Morgan fingerprint density at radius 2 is 2.35 bits per heavy atom. The van der Waals surface area contributed by atoms with E-state index in [0.717, 1.165) is 30.6 Å². The minimum absolute atomic E-state index is 0.116. The van der Waals surface area contributed by atoms with Crippen LogP contribution in [-0.4, -0.2) is 29.1 Å². The number of aromatic nitrogens is 1. The van der Waals surface area contributed by atoms with Gasteiger partial charge in [-0.3, -0.25) is 0 Å². The molecule has 1 aliphatic rings. The number of halogens is 2. The maximum atomic E-state index is 12.2. The average Bonchev–Trinajstić information content (AvgIpc) is 2.71. The van der Waals surface area contributed by atoms with Crippen molar-refractivity contribution in [1.29, 1.82) is 0 Å². The van der Waals surface area contributed by atoms with Crippen molar-refractivity contribution >= 4 is 32.9 Å². The summed E-state index contributed by atoms with van der Waals surface area (Å²) in [7, 11) is 2.05. The molecular weight excluding hydrogens is 323 g/mol. The van der Waals surface area contributed by atoms with E-state index in [2.05, 4.69) is 31.6 Å². The second-order valence-electron chi connectivity index (χ2n) is 4.87. The Kier molecular flexibility index (Phi) is 5.54. The summed E-state index contributed by atoms with van der Waals surface area (Å²) in [6.07, 6.45) is 6.95. The highest BCUT2D eigenvalue weighted by atomic mass is 79.9. The van der Waals surface area contributed by atoms with Crippen molar-refractivity contribution in [2.45, 2.75) is 32.3 Å². The van der Waals surface area contributed by atoms with E-state index in [0.29, 0.717) is 0 Å². The molecule has 110 valence electrons. The standard InChI is InChI=1S/C15H20BrFN2O/c1-3-4-12-13-9-11(20-8-7-17)5-6-14(13)19(2)15(12)18-10-16/h3-4,10-11H,5-9H2,1-2H3/b4-3-,18-10?. The number of ether oxygens (including phenoxy) is 1. The smallest absolute Gasteiger partial charge is 0.140 e. The number of alkyl halides is 1. The lowest BCUT2D eigenvalue weighted by molar-refractivity contribution is 0.0356. The van der Waals surface area contributed by atoms with Gasteiger partial charge < -0.3 is 9.30 Å². The number of aliphatic imine (C=N–C) groups is 1. The minimum Gasteiger partial charge on any atom is -0.375 e. The third-order valence-corrected chi connectivity index (χ3v) is 3.91. The summed E-state index contributed by atoms with van der Waals surface area (Å²) >= 11 is 3.25. The molecule has 20 heavy (non-hydrogen) atoms. The number of hydrogen-bond acceptors (Lipinski definition) is 2. The van der Waals surface area contributed by atoms with Crippen LogP contribution in [0.2, 0.25) is 0 Å². The molecule has 0 saturated heterocycles. The molecule has 0 spiro atoms. The first-order chi connectivity index (χ1) is 9.72. The molecule has 1 aromatic heterocycles. The molecule has 5 heteroatoms. The maximum absolute atomic E-state index is 12.2. The molecule has 0 saturated carbocycles. The molecular formula is C15H20BrFN2O. The van der Waals surface area contributed by atoms with E-state index in [9.17, 15) is 4.39 Å². The van der Waals surface area contributed by atoms with Gasteiger partial charge in [-0.2, -0.15) is 0 Å². The molecule has 0 radical (unpaired) electrons. The molecule has 0 fully saturated rings. The zero-order valence-corrected chi connectivity index (χ0v) is 13.5. The third-order valence-electron chi connectivity index (χ3n) is 3.71. The summed E-state index contributed by atoms with van der Waals surface area (Å²) in [4.78, 5) is 4.42. The number of rotatable bonds is 5. The van der Waals surface area contributed by atoms with E-state index in [4.69, 9.17) is 4.74 Å². The molecule has 1 unspecified atom stereocenters. The van der Waals surface area contributed by atoms with Crippen LogP contribution in [0.3, 0.4) is 0 Å². The van der Waals surface area contributed by atoms with E-state index >= 15 is 0 Å². The molecule has 1 aromatic rings. The van der Waals surface area contributed by atoms with Crippen LogP contribution in [0.1, 0.15) is 30.2 Å². The Morgan fingerprint density at radius 1 is 1.55 bits per heavy atom. The molecule has 0 N–H and O–H groups in total. The van der Waals surface area contributed by atoms with E-state index in [1.165, 1.54) is 11.3 Å². The van der Waals surface area contributed by atoms with Crippen LogP contribution in [-0.2, 0) is 24.6 Å². The number of nitrogens with zero attached hydrogens (tertiary/aromatic N) is 2. The summed E-state index contributed by atoms with van der Waals surface area (Å²) < 4.78 is 20.0. The summed E-state index contributed by atoms with van der Waals surface area (Å²) in [5.74, 6) is 0.955. The second-order valence-corrected chi connectivity index (χ2v) is 5.28. The van der Waals surface area contributed by atoms with Crippen LogP contribution in [0.15, 0.2) is 11.1 Å². The highest BCUT2D eigenvalue weighted by Crippen LogP contribution is 2.36. The van der Waals surface area contributed by atoms with Crippen LogP contribution in [0, 0.1) is 0 Å². The van der Waals surface area contributed by atoms with Gasteiger partial charge in [0.25, 0.3) is 0 Å². The first-order valence-electron chi connectivity index (χ1n) is 6.86. The van der Waals surface area contributed by atoms with Crippen LogP contribution < -0.4 is 0 Å². The van der Waals surface area contributed by atoms with Gasteiger partial charge in [0.1, 0.15) is 12.5 Å². The van der Waals surface area contributed by atoms with Gasteiger partial charge in [0.05, 0.1) is 17.8 Å². The van der Waals surface area contributed by atoms with Gasteiger partial charge in [-0.25, -0.2) is 9.38 Å². The van der Waals surface area contributed by atoms with Crippen molar-refractivity contribution in [3.05, 3.63) is 22.9 Å². The lowest BCUT2D eigenvalue weighted by Gasteiger charge is -2.23. The van der Waals surface area contributed by atoms with Gasteiger partial charge in [0.2, 0.25) is 0 Å². The fourth-order valence-corrected chi connectivity index (χ4v) is 3.07. The first kappa shape index (κ1) is 15.4. The quantitative estimate of drug-likeness (QED) is 0.744. The SMILES string of the molecule is C/C=C\c1c2c(n(C)c1N=CBr)CCC(OCCF)C2. The topological polar surface area (TPSA) is 26.5 Å². The predicted octanol–water partition coefficient (Wildman–Crippen LogP) is 3.96. The molecule has 1 heterocycles. The van der Waals surface area contributed by atoms with Gasteiger partial charge in [-0.15, -0.1) is 0 Å². The van der Waals surface area contributed by atoms with E-state index in [1.807, 2.05) is 20.0 Å². The largest absolute Gasteiger partial charge is 0.375 e. The van der Waals surface area contributed by atoms with Gasteiger partial charge in [0.15, 0.2) is 0 Å². The average molecular weight is 343 g/mol. The van der Waals surface area contributed by atoms with Crippen molar-refractivity contribution in [1.82, 2.24) is 4.57 Å². The van der Waals surface area contributed by atoms with Gasteiger partial charge >= 0.3 is 0 Å². The number of hydrogen-bond donors (Lipinski definition) is 0. The van der Waals surface area contributed by atoms with Crippen molar-refractivity contribution in [2.75, 3.05) is 13.3 Å². The highest BCUT2D eigenvalue weighted by Gasteiger charge is 2.26.